The highest BCUT2D eigenvalue weighted by molar-refractivity contribution is 5.77. The zero-order valence-electron chi connectivity index (χ0n) is 5.70. The summed E-state index contributed by atoms with van der Waals surface area (Å²) in [5, 5.41) is 0. The minimum atomic E-state index is 0.422. The smallest absolute Gasteiger partial charge is 0.156 e. The molecule has 11 heavy (non-hydrogen) atoms. The summed E-state index contributed by atoms with van der Waals surface area (Å²) in [5.41, 5.74) is 2.15. The summed E-state index contributed by atoms with van der Waals surface area (Å²) in [4.78, 5) is 10.8. The van der Waals surface area contributed by atoms with Gasteiger partial charge in [-0.3, -0.25) is 4.98 Å². The van der Waals surface area contributed by atoms with Gasteiger partial charge in [-0.25, -0.2) is 4.98 Å². The van der Waals surface area contributed by atoms with Crippen molar-refractivity contribution >= 4 is 11.2 Å². The molecule has 0 aliphatic carbocycles. The van der Waals surface area contributed by atoms with E-state index in [0.29, 0.717) is 22.4 Å². The predicted molar refractivity (Wildman–Crippen MR) is 40.7 cm³/mol. The largest absolute Gasteiger partial charge is 0.341 e. The predicted octanol–water partition coefficient (Wildman–Crippen LogP) is 1.08. The fourth-order valence-electron chi connectivity index (χ4n) is 0.949. The Bertz CT molecular complexity index is 389. The second kappa shape index (κ2) is 2.05. The lowest BCUT2D eigenvalue weighted by Gasteiger charge is -1.85. The Morgan fingerprint density at radius 3 is 2.64 bits per heavy atom. The van der Waals surface area contributed by atoms with Gasteiger partial charge in [0.1, 0.15) is 5.52 Å². The highest BCUT2D eigenvalue weighted by Crippen LogP contribution is 2.15. The van der Waals surface area contributed by atoms with Crippen molar-refractivity contribution in [1.82, 2.24) is 15.0 Å². The molecule has 0 bridgehead atoms. The molecule has 0 saturated heterocycles. The van der Waals surface area contributed by atoms with Gasteiger partial charge in [-0.1, -0.05) is 0 Å². The van der Waals surface area contributed by atoms with Crippen molar-refractivity contribution in [1.29, 1.82) is 0 Å². The number of nitrogens with zero attached hydrogens (tertiary/aromatic N) is 2. The molecule has 3 nitrogen and oxygen atoms in total. The summed E-state index contributed by atoms with van der Waals surface area (Å²) in [7, 11) is 0. The maximum Gasteiger partial charge on any atom is 0.156 e. The van der Waals surface area contributed by atoms with Crippen LogP contribution in [0.4, 0.5) is 0 Å². The average Bonchev–Trinajstić information content (AvgIpc) is 2.30. The Hall–Kier alpha value is -1.38. The molecule has 0 aliphatic rings. The van der Waals surface area contributed by atoms with Crippen LogP contribution < -0.4 is 0 Å². The molecule has 0 unspecified atom stereocenters. The lowest BCUT2D eigenvalue weighted by Crippen LogP contribution is -1.77. The summed E-state index contributed by atoms with van der Waals surface area (Å²) in [6.07, 6.45) is 3.16. The van der Waals surface area contributed by atoms with Crippen LogP contribution in [-0.4, -0.2) is 15.0 Å². The van der Waals surface area contributed by atoms with E-state index in [2.05, 4.69) is 15.0 Å². The zero-order chi connectivity index (χ0) is 7.84. The normalized spacial score (nSPS) is 10.7. The van der Waals surface area contributed by atoms with Crippen molar-refractivity contribution in [3.8, 4) is 0 Å². The van der Waals surface area contributed by atoms with Crippen LogP contribution in [0.1, 0.15) is 11.3 Å². The van der Waals surface area contributed by atoms with Gasteiger partial charge in [-0.2, -0.15) is 0 Å². The summed E-state index contributed by atoms with van der Waals surface area (Å²) in [6, 6.07) is 0. The molecule has 0 atom stereocenters. The monoisotopic (exact) mass is 143 g/mol. The van der Waals surface area contributed by atoms with Crippen LogP contribution in [0.25, 0.3) is 11.2 Å². The molecule has 2 heterocycles. The average molecular weight is 143 g/mol. The molecule has 0 saturated carbocycles. The second-order valence-corrected chi connectivity index (χ2v) is 2.21. The molecule has 4 radical (unpaired) electrons. The Morgan fingerprint density at radius 2 is 1.91 bits per heavy atom. The standard InChI is InChI=1S/C8H5N3/c1-5-6(2)11-8-7(5)9-3-4-10-8/h1-4H,(H,10,11). The van der Waals surface area contributed by atoms with Gasteiger partial charge >= 0.3 is 0 Å². The minimum absolute atomic E-state index is 0.422. The first-order valence-corrected chi connectivity index (χ1v) is 3.12. The maximum absolute atomic E-state index is 5.58. The zero-order valence-corrected chi connectivity index (χ0v) is 5.70. The minimum Gasteiger partial charge on any atom is -0.341 e. The van der Waals surface area contributed by atoms with Crippen molar-refractivity contribution in [3.05, 3.63) is 37.5 Å². The van der Waals surface area contributed by atoms with Gasteiger partial charge in [0.2, 0.25) is 0 Å². The van der Waals surface area contributed by atoms with E-state index in [4.69, 9.17) is 13.8 Å². The SMILES string of the molecule is [CH]c1[nH]c2nccnc2c1[CH]. The molecule has 0 spiro atoms. The first-order valence-electron chi connectivity index (χ1n) is 3.12. The third kappa shape index (κ3) is 0.808. The van der Waals surface area contributed by atoms with Crippen LogP contribution in [0.5, 0.6) is 0 Å². The topological polar surface area (TPSA) is 41.6 Å². The Kier molecular flexibility index (Phi) is 1.18. The number of H-pyrrole nitrogens is 1. The lowest BCUT2D eigenvalue weighted by atomic mass is 10.3. The van der Waals surface area contributed by atoms with Gasteiger partial charge in [0.15, 0.2) is 5.65 Å². The van der Waals surface area contributed by atoms with Gasteiger partial charge in [-0.15, -0.1) is 0 Å². The molecule has 2 rings (SSSR count). The summed E-state index contributed by atoms with van der Waals surface area (Å²) in [5.74, 6) is 0. The molecular formula is C8H5N3. The van der Waals surface area contributed by atoms with Crippen LogP contribution in [-0.2, 0) is 0 Å². The van der Waals surface area contributed by atoms with Gasteiger partial charge in [0.05, 0.1) is 0 Å². The molecule has 2 aromatic heterocycles. The van der Waals surface area contributed by atoms with Crippen LogP contribution in [0.15, 0.2) is 12.4 Å². The summed E-state index contributed by atoms with van der Waals surface area (Å²) < 4.78 is 0. The summed E-state index contributed by atoms with van der Waals surface area (Å²) >= 11 is 0. The molecule has 3 heteroatoms. The Morgan fingerprint density at radius 1 is 1.18 bits per heavy atom. The van der Waals surface area contributed by atoms with Crippen molar-refractivity contribution in [2.75, 3.05) is 0 Å². The van der Waals surface area contributed by atoms with Crippen LogP contribution in [0.2, 0.25) is 0 Å². The molecule has 2 aromatic rings. The Labute approximate surface area is 64.5 Å². The van der Waals surface area contributed by atoms with E-state index < -0.39 is 0 Å². The molecule has 0 fully saturated rings. The molecular weight excluding hydrogens is 138 g/mol. The lowest BCUT2D eigenvalue weighted by molar-refractivity contribution is 1.25. The molecule has 0 aromatic carbocycles. The number of rotatable bonds is 0. The first-order chi connectivity index (χ1) is 5.29. The Balaban J connectivity index is 2.92. The van der Waals surface area contributed by atoms with E-state index in [1.165, 1.54) is 0 Å². The fourth-order valence-corrected chi connectivity index (χ4v) is 0.949. The second-order valence-electron chi connectivity index (χ2n) is 2.21. The third-order valence-corrected chi connectivity index (χ3v) is 1.50. The van der Waals surface area contributed by atoms with Crippen molar-refractivity contribution in [2.45, 2.75) is 0 Å². The molecule has 0 aliphatic heterocycles. The van der Waals surface area contributed by atoms with Crippen molar-refractivity contribution in [2.24, 2.45) is 0 Å². The van der Waals surface area contributed by atoms with Gasteiger partial charge in [-0.05, 0) is 0 Å². The number of hydrogen-bond acceptors (Lipinski definition) is 2. The number of aromatic nitrogens is 3. The number of hydrogen-bond donors (Lipinski definition) is 1. The van der Waals surface area contributed by atoms with E-state index in [9.17, 15) is 0 Å². The third-order valence-electron chi connectivity index (χ3n) is 1.50. The number of fused-ring (bicyclic) bond motifs is 1. The van der Waals surface area contributed by atoms with Crippen LogP contribution in [0.3, 0.4) is 0 Å². The maximum atomic E-state index is 5.58. The first kappa shape index (κ1) is 6.34. The van der Waals surface area contributed by atoms with E-state index in [0.717, 1.165) is 0 Å². The van der Waals surface area contributed by atoms with E-state index in [-0.39, 0.29) is 0 Å². The van der Waals surface area contributed by atoms with Gasteiger partial charge < -0.3 is 4.98 Å². The highest BCUT2D eigenvalue weighted by atomic mass is 14.9. The molecule has 1 N–H and O–H groups in total. The highest BCUT2D eigenvalue weighted by Gasteiger charge is 2.04. The summed E-state index contributed by atoms with van der Waals surface area (Å²) in [6.45, 7) is 11.1. The fraction of sp³-hybridized carbons (Fsp3) is 0. The quantitative estimate of drug-likeness (QED) is 0.599. The molecule has 0 amide bonds. The van der Waals surface area contributed by atoms with Crippen LogP contribution in [0, 0.1) is 13.8 Å². The van der Waals surface area contributed by atoms with Gasteiger partial charge in [0, 0.05) is 37.5 Å². The van der Waals surface area contributed by atoms with Crippen molar-refractivity contribution < 1.29 is 0 Å². The van der Waals surface area contributed by atoms with E-state index in [1.807, 2.05) is 0 Å². The van der Waals surface area contributed by atoms with Crippen LogP contribution >= 0.6 is 0 Å². The van der Waals surface area contributed by atoms with E-state index >= 15 is 0 Å². The number of nitrogens with one attached hydrogen (secondary N) is 1. The van der Waals surface area contributed by atoms with Gasteiger partial charge in [0.25, 0.3) is 0 Å². The van der Waals surface area contributed by atoms with E-state index in [1.54, 1.807) is 12.4 Å². The molecule has 52 valence electrons. The number of aromatic amines is 1. The van der Waals surface area contributed by atoms with Crippen molar-refractivity contribution in [3.63, 3.8) is 0 Å².